The van der Waals surface area contributed by atoms with Crippen LogP contribution in [0.3, 0.4) is 0 Å². The SMILES string of the molecule is CCOC(=O)CN(C1CC1)C1CCCOC1. The second-order valence-corrected chi connectivity index (χ2v) is 4.58. The average Bonchev–Trinajstić information content (AvgIpc) is 3.11. The van der Waals surface area contributed by atoms with E-state index in [0.29, 0.717) is 25.2 Å². The minimum Gasteiger partial charge on any atom is -0.465 e. The molecule has 1 aliphatic heterocycles. The number of esters is 1. The first-order valence-electron chi connectivity index (χ1n) is 6.30. The number of rotatable bonds is 5. The van der Waals surface area contributed by atoms with Crippen LogP contribution in [-0.4, -0.2) is 49.3 Å². The van der Waals surface area contributed by atoms with E-state index in [4.69, 9.17) is 9.47 Å². The van der Waals surface area contributed by atoms with E-state index < -0.39 is 0 Å². The number of ether oxygens (including phenoxy) is 2. The van der Waals surface area contributed by atoms with Crippen LogP contribution >= 0.6 is 0 Å². The highest BCUT2D eigenvalue weighted by Crippen LogP contribution is 2.30. The predicted molar refractivity (Wildman–Crippen MR) is 60.2 cm³/mol. The zero-order valence-electron chi connectivity index (χ0n) is 9.98. The van der Waals surface area contributed by atoms with Gasteiger partial charge in [0.05, 0.1) is 19.8 Å². The summed E-state index contributed by atoms with van der Waals surface area (Å²) in [5.74, 6) is -0.0972. The molecule has 1 heterocycles. The Morgan fingerprint density at radius 2 is 2.19 bits per heavy atom. The van der Waals surface area contributed by atoms with Gasteiger partial charge in [0.25, 0.3) is 0 Å². The molecule has 1 aliphatic carbocycles. The van der Waals surface area contributed by atoms with Crippen molar-refractivity contribution in [2.45, 2.75) is 44.7 Å². The van der Waals surface area contributed by atoms with Gasteiger partial charge in [-0.3, -0.25) is 9.69 Å². The van der Waals surface area contributed by atoms with Crippen LogP contribution in [0.5, 0.6) is 0 Å². The van der Waals surface area contributed by atoms with E-state index in [-0.39, 0.29) is 5.97 Å². The second-order valence-electron chi connectivity index (χ2n) is 4.58. The van der Waals surface area contributed by atoms with Gasteiger partial charge in [-0.1, -0.05) is 0 Å². The molecule has 1 saturated heterocycles. The molecule has 2 aliphatic rings. The molecular weight excluding hydrogens is 206 g/mol. The van der Waals surface area contributed by atoms with Crippen molar-refractivity contribution >= 4 is 5.97 Å². The molecule has 0 radical (unpaired) electrons. The maximum Gasteiger partial charge on any atom is 0.320 e. The maximum atomic E-state index is 11.5. The van der Waals surface area contributed by atoms with E-state index in [1.807, 2.05) is 6.92 Å². The lowest BCUT2D eigenvalue weighted by Crippen LogP contribution is -2.45. The monoisotopic (exact) mass is 227 g/mol. The minimum atomic E-state index is -0.0972. The Kier molecular flexibility index (Phi) is 4.18. The van der Waals surface area contributed by atoms with Crippen LogP contribution in [-0.2, 0) is 14.3 Å². The lowest BCUT2D eigenvalue weighted by atomic mass is 10.1. The van der Waals surface area contributed by atoms with Crippen LogP contribution in [0.15, 0.2) is 0 Å². The Balaban J connectivity index is 1.86. The highest BCUT2D eigenvalue weighted by atomic mass is 16.5. The van der Waals surface area contributed by atoms with Crippen molar-refractivity contribution < 1.29 is 14.3 Å². The molecule has 0 aromatic heterocycles. The van der Waals surface area contributed by atoms with Crippen molar-refractivity contribution in [3.8, 4) is 0 Å². The summed E-state index contributed by atoms with van der Waals surface area (Å²) in [7, 11) is 0. The van der Waals surface area contributed by atoms with Gasteiger partial charge in [0.2, 0.25) is 0 Å². The number of hydrogen-bond donors (Lipinski definition) is 0. The molecule has 0 spiro atoms. The summed E-state index contributed by atoms with van der Waals surface area (Å²) in [5, 5.41) is 0. The Morgan fingerprint density at radius 1 is 1.38 bits per heavy atom. The van der Waals surface area contributed by atoms with Gasteiger partial charge in [-0.15, -0.1) is 0 Å². The van der Waals surface area contributed by atoms with Crippen LogP contribution < -0.4 is 0 Å². The van der Waals surface area contributed by atoms with Gasteiger partial charge in [-0.25, -0.2) is 0 Å². The number of carbonyl (C=O) groups is 1. The smallest absolute Gasteiger partial charge is 0.320 e. The van der Waals surface area contributed by atoms with Crippen molar-refractivity contribution in [1.29, 1.82) is 0 Å². The van der Waals surface area contributed by atoms with Gasteiger partial charge in [-0.05, 0) is 32.6 Å². The van der Waals surface area contributed by atoms with E-state index in [1.165, 1.54) is 12.8 Å². The van der Waals surface area contributed by atoms with Crippen molar-refractivity contribution in [3.05, 3.63) is 0 Å². The van der Waals surface area contributed by atoms with Gasteiger partial charge >= 0.3 is 5.97 Å². The van der Waals surface area contributed by atoms with Crippen LogP contribution in [0.4, 0.5) is 0 Å². The topological polar surface area (TPSA) is 38.8 Å². The summed E-state index contributed by atoms with van der Waals surface area (Å²) < 4.78 is 10.5. The van der Waals surface area contributed by atoms with Crippen molar-refractivity contribution in [3.63, 3.8) is 0 Å². The number of nitrogens with zero attached hydrogens (tertiary/aromatic N) is 1. The zero-order chi connectivity index (χ0) is 11.4. The van der Waals surface area contributed by atoms with E-state index in [1.54, 1.807) is 0 Å². The molecular formula is C12H21NO3. The molecule has 4 heteroatoms. The van der Waals surface area contributed by atoms with Gasteiger partial charge in [0.15, 0.2) is 0 Å². The van der Waals surface area contributed by atoms with Gasteiger partial charge in [0.1, 0.15) is 0 Å². The van der Waals surface area contributed by atoms with E-state index >= 15 is 0 Å². The molecule has 2 rings (SSSR count). The molecule has 2 fully saturated rings. The minimum absolute atomic E-state index is 0.0972. The fourth-order valence-electron chi connectivity index (χ4n) is 2.30. The Hall–Kier alpha value is -0.610. The number of carbonyl (C=O) groups excluding carboxylic acids is 1. The largest absolute Gasteiger partial charge is 0.465 e. The standard InChI is InChI=1S/C12H21NO3/c1-2-16-12(14)8-13(10-5-6-10)11-4-3-7-15-9-11/h10-11H,2-9H2,1H3. The molecule has 92 valence electrons. The highest BCUT2D eigenvalue weighted by Gasteiger charge is 2.36. The van der Waals surface area contributed by atoms with Crippen LogP contribution in [0.2, 0.25) is 0 Å². The van der Waals surface area contributed by atoms with E-state index in [2.05, 4.69) is 4.90 Å². The van der Waals surface area contributed by atoms with Crippen molar-refractivity contribution in [1.82, 2.24) is 4.90 Å². The first-order chi connectivity index (χ1) is 7.81. The van der Waals surface area contributed by atoms with Gasteiger partial charge < -0.3 is 9.47 Å². The predicted octanol–water partition coefficient (Wildman–Crippen LogP) is 1.19. The Morgan fingerprint density at radius 3 is 2.75 bits per heavy atom. The third-order valence-electron chi connectivity index (χ3n) is 3.24. The Bertz CT molecular complexity index is 234. The molecule has 4 nitrogen and oxygen atoms in total. The lowest BCUT2D eigenvalue weighted by Gasteiger charge is -2.33. The molecule has 1 saturated carbocycles. The summed E-state index contributed by atoms with van der Waals surface area (Å²) in [6.45, 7) is 4.40. The summed E-state index contributed by atoms with van der Waals surface area (Å²) in [6, 6.07) is 1.02. The summed E-state index contributed by atoms with van der Waals surface area (Å²) in [4.78, 5) is 13.8. The molecule has 0 aromatic rings. The molecule has 0 aromatic carbocycles. The first-order valence-corrected chi connectivity index (χ1v) is 6.30. The van der Waals surface area contributed by atoms with Gasteiger partial charge in [-0.2, -0.15) is 0 Å². The zero-order valence-corrected chi connectivity index (χ0v) is 9.98. The molecule has 0 bridgehead atoms. The normalized spacial score (nSPS) is 25.8. The summed E-state index contributed by atoms with van der Waals surface area (Å²) in [5.41, 5.74) is 0. The third kappa shape index (κ3) is 3.19. The molecule has 16 heavy (non-hydrogen) atoms. The maximum absolute atomic E-state index is 11.5. The Labute approximate surface area is 96.9 Å². The average molecular weight is 227 g/mol. The highest BCUT2D eigenvalue weighted by molar-refractivity contribution is 5.71. The van der Waals surface area contributed by atoms with E-state index in [9.17, 15) is 4.79 Å². The molecule has 0 N–H and O–H groups in total. The van der Waals surface area contributed by atoms with Crippen LogP contribution in [0.1, 0.15) is 32.6 Å². The summed E-state index contributed by atoms with van der Waals surface area (Å²) in [6.07, 6.45) is 4.69. The fourth-order valence-corrected chi connectivity index (χ4v) is 2.30. The lowest BCUT2D eigenvalue weighted by molar-refractivity contribution is -0.146. The quantitative estimate of drug-likeness (QED) is 0.661. The molecule has 1 atom stereocenters. The third-order valence-corrected chi connectivity index (χ3v) is 3.24. The van der Waals surface area contributed by atoms with Crippen LogP contribution in [0, 0.1) is 0 Å². The van der Waals surface area contributed by atoms with E-state index in [0.717, 1.165) is 26.1 Å². The fraction of sp³-hybridized carbons (Fsp3) is 0.917. The first kappa shape index (κ1) is 11.9. The van der Waals surface area contributed by atoms with Gasteiger partial charge in [0, 0.05) is 18.7 Å². The van der Waals surface area contributed by atoms with Crippen molar-refractivity contribution in [2.75, 3.05) is 26.4 Å². The molecule has 1 unspecified atom stereocenters. The van der Waals surface area contributed by atoms with Crippen molar-refractivity contribution in [2.24, 2.45) is 0 Å². The molecule has 0 amide bonds. The van der Waals surface area contributed by atoms with Crippen LogP contribution in [0.25, 0.3) is 0 Å². The number of hydrogen-bond acceptors (Lipinski definition) is 4. The summed E-state index contributed by atoms with van der Waals surface area (Å²) >= 11 is 0. The second kappa shape index (κ2) is 5.64.